The Hall–Kier alpha value is -3.35. The van der Waals surface area contributed by atoms with E-state index in [4.69, 9.17) is 4.74 Å². The lowest BCUT2D eigenvalue weighted by molar-refractivity contribution is -0.118. The lowest BCUT2D eigenvalue weighted by Gasteiger charge is -2.23. The number of amides is 3. The number of carbonyl (C=O) groups is 3. The van der Waals surface area contributed by atoms with Crippen LogP contribution in [0.4, 0.5) is 16.2 Å². The van der Waals surface area contributed by atoms with Crippen molar-refractivity contribution in [2.45, 2.75) is 39.3 Å². The third kappa shape index (κ3) is 6.75. The highest BCUT2D eigenvalue weighted by atomic mass is 16.6. The number of hydrogen-bond donors (Lipinski definition) is 3. The summed E-state index contributed by atoms with van der Waals surface area (Å²) in [6.45, 7) is 6.67. The maximum absolute atomic E-state index is 12.8. The van der Waals surface area contributed by atoms with E-state index < -0.39 is 23.6 Å². The zero-order chi connectivity index (χ0) is 20.7. The van der Waals surface area contributed by atoms with Crippen LogP contribution in [-0.2, 0) is 14.3 Å². The van der Waals surface area contributed by atoms with Crippen molar-refractivity contribution in [3.63, 3.8) is 0 Å². The first kappa shape index (κ1) is 21.0. The molecule has 7 heteroatoms. The van der Waals surface area contributed by atoms with Crippen LogP contribution in [0, 0.1) is 0 Å². The Balaban J connectivity index is 2.15. The summed E-state index contributed by atoms with van der Waals surface area (Å²) in [6.07, 6.45) is -0.683. The molecule has 1 unspecified atom stereocenters. The third-order valence-corrected chi connectivity index (χ3v) is 3.53. The molecule has 0 heterocycles. The minimum atomic E-state index is -0.925. The van der Waals surface area contributed by atoms with E-state index in [-0.39, 0.29) is 5.91 Å². The van der Waals surface area contributed by atoms with Gasteiger partial charge >= 0.3 is 6.09 Å². The standard InChI is InChI=1S/C21H25N3O4/c1-14(25)22-16-10-12-17(13-11-16)23-19(26)18(15-8-6-5-7-9-15)24-20(27)28-21(2,3)4/h5-13,18H,1-4H3,(H,22,25)(H,23,26)(H,24,27). The number of benzene rings is 2. The van der Waals surface area contributed by atoms with Gasteiger partial charge in [-0.1, -0.05) is 30.3 Å². The van der Waals surface area contributed by atoms with Gasteiger partial charge in [-0.3, -0.25) is 9.59 Å². The summed E-state index contributed by atoms with van der Waals surface area (Å²) in [5, 5.41) is 8.04. The second-order valence-corrected chi connectivity index (χ2v) is 7.24. The fourth-order valence-corrected chi connectivity index (χ4v) is 2.43. The molecule has 0 fully saturated rings. The van der Waals surface area contributed by atoms with Crippen LogP contribution in [0.25, 0.3) is 0 Å². The molecule has 0 aromatic heterocycles. The van der Waals surface area contributed by atoms with Crippen LogP contribution in [-0.4, -0.2) is 23.5 Å². The highest BCUT2D eigenvalue weighted by Gasteiger charge is 2.25. The second-order valence-electron chi connectivity index (χ2n) is 7.24. The molecule has 1 atom stereocenters. The summed E-state index contributed by atoms with van der Waals surface area (Å²) < 4.78 is 5.27. The van der Waals surface area contributed by atoms with Crippen LogP contribution >= 0.6 is 0 Å². The zero-order valence-electron chi connectivity index (χ0n) is 16.4. The van der Waals surface area contributed by atoms with Gasteiger partial charge in [-0.25, -0.2) is 4.79 Å². The van der Waals surface area contributed by atoms with E-state index in [0.29, 0.717) is 16.9 Å². The molecule has 2 rings (SSSR count). The number of carbonyl (C=O) groups excluding carboxylic acids is 3. The Labute approximate surface area is 164 Å². The molecule has 0 saturated heterocycles. The van der Waals surface area contributed by atoms with Crippen molar-refractivity contribution < 1.29 is 19.1 Å². The van der Waals surface area contributed by atoms with E-state index in [1.165, 1.54) is 6.92 Å². The quantitative estimate of drug-likeness (QED) is 0.731. The van der Waals surface area contributed by atoms with E-state index in [0.717, 1.165) is 0 Å². The molecule has 0 spiro atoms. The van der Waals surface area contributed by atoms with Gasteiger partial charge in [0, 0.05) is 18.3 Å². The van der Waals surface area contributed by atoms with E-state index >= 15 is 0 Å². The number of rotatable bonds is 5. The van der Waals surface area contributed by atoms with Gasteiger partial charge < -0.3 is 20.7 Å². The van der Waals surface area contributed by atoms with Gasteiger partial charge in [0.2, 0.25) is 5.91 Å². The Kier molecular flexibility index (Phi) is 6.76. The van der Waals surface area contributed by atoms with E-state index in [1.54, 1.807) is 69.3 Å². The predicted octanol–water partition coefficient (Wildman–Crippen LogP) is 3.85. The first-order valence-corrected chi connectivity index (χ1v) is 8.87. The van der Waals surface area contributed by atoms with Crippen molar-refractivity contribution in [3.05, 3.63) is 60.2 Å². The molecule has 3 N–H and O–H groups in total. The van der Waals surface area contributed by atoms with Gasteiger partial charge in [0.25, 0.3) is 5.91 Å². The van der Waals surface area contributed by atoms with Crippen LogP contribution in [0.5, 0.6) is 0 Å². The highest BCUT2D eigenvalue weighted by molar-refractivity contribution is 5.97. The number of alkyl carbamates (subject to hydrolysis) is 1. The molecule has 0 aliphatic heterocycles. The van der Waals surface area contributed by atoms with Gasteiger partial charge in [0.05, 0.1) is 0 Å². The lowest BCUT2D eigenvalue weighted by atomic mass is 10.1. The van der Waals surface area contributed by atoms with E-state index in [2.05, 4.69) is 16.0 Å². The Morgan fingerprint density at radius 3 is 1.89 bits per heavy atom. The SMILES string of the molecule is CC(=O)Nc1ccc(NC(=O)C(NC(=O)OC(C)(C)C)c2ccccc2)cc1. The number of anilines is 2. The van der Waals surface area contributed by atoms with Crippen LogP contribution in [0.15, 0.2) is 54.6 Å². The summed E-state index contributed by atoms with van der Waals surface area (Å²) in [7, 11) is 0. The summed E-state index contributed by atoms with van der Waals surface area (Å²) in [6, 6.07) is 14.7. The fraction of sp³-hybridized carbons (Fsp3) is 0.286. The molecule has 0 saturated carbocycles. The van der Waals surface area contributed by atoms with Crippen LogP contribution in [0.2, 0.25) is 0 Å². The van der Waals surface area contributed by atoms with Gasteiger partial charge in [-0.05, 0) is 50.6 Å². The van der Waals surface area contributed by atoms with Crippen LogP contribution in [0.1, 0.15) is 39.3 Å². The van der Waals surface area contributed by atoms with Crippen molar-refractivity contribution in [2.75, 3.05) is 10.6 Å². The number of ether oxygens (including phenoxy) is 1. The van der Waals surface area contributed by atoms with Gasteiger partial charge in [-0.2, -0.15) is 0 Å². The molecule has 0 radical (unpaired) electrons. The van der Waals surface area contributed by atoms with Crippen molar-refractivity contribution in [2.24, 2.45) is 0 Å². The summed E-state index contributed by atoms with van der Waals surface area (Å²) in [5.41, 5.74) is 1.10. The summed E-state index contributed by atoms with van der Waals surface area (Å²) >= 11 is 0. The normalized spacial score (nSPS) is 11.9. The van der Waals surface area contributed by atoms with Crippen molar-refractivity contribution in [3.8, 4) is 0 Å². The average molecular weight is 383 g/mol. The molecule has 28 heavy (non-hydrogen) atoms. The molecule has 7 nitrogen and oxygen atoms in total. The minimum absolute atomic E-state index is 0.178. The molecule has 3 amide bonds. The van der Waals surface area contributed by atoms with Gasteiger partial charge in [-0.15, -0.1) is 0 Å². The number of nitrogens with one attached hydrogen (secondary N) is 3. The molecule has 0 aliphatic carbocycles. The average Bonchev–Trinajstić information content (AvgIpc) is 2.60. The molecule has 148 valence electrons. The molecular weight excluding hydrogens is 358 g/mol. The first-order chi connectivity index (χ1) is 13.1. The fourth-order valence-electron chi connectivity index (χ4n) is 2.43. The molecular formula is C21H25N3O4. The second kappa shape index (κ2) is 9.03. The summed E-state index contributed by atoms with van der Waals surface area (Å²) in [5.74, 6) is -0.591. The molecule has 0 bridgehead atoms. The Morgan fingerprint density at radius 1 is 0.857 bits per heavy atom. The Morgan fingerprint density at radius 2 is 1.39 bits per heavy atom. The monoisotopic (exact) mass is 383 g/mol. The smallest absolute Gasteiger partial charge is 0.408 e. The highest BCUT2D eigenvalue weighted by Crippen LogP contribution is 2.19. The number of hydrogen-bond acceptors (Lipinski definition) is 4. The Bertz CT molecular complexity index is 827. The van der Waals surface area contributed by atoms with Crippen LogP contribution < -0.4 is 16.0 Å². The predicted molar refractivity (Wildman–Crippen MR) is 108 cm³/mol. The zero-order valence-corrected chi connectivity index (χ0v) is 16.4. The maximum Gasteiger partial charge on any atom is 0.408 e. The van der Waals surface area contributed by atoms with Crippen molar-refractivity contribution in [1.82, 2.24) is 5.32 Å². The minimum Gasteiger partial charge on any atom is -0.444 e. The third-order valence-electron chi connectivity index (χ3n) is 3.53. The van der Waals surface area contributed by atoms with E-state index in [1.807, 2.05) is 6.07 Å². The lowest BCUT2D eigenvalue weighted by Crippen LogP contribution is -2.40. The van der Waals surface area contributed by atoms with Gasteiger partial charge in [0.1, 0.15) is 11.6 Å². The molecule has 2 aromatic carbocycles. The van der Waals surface area contributed by atoms with Crippen LogP contribution in [0.3, 0.4) is 0 Å². The maximum atomic E-state index is 12.8. The molecule has 2 aromatic rings. The summed E-state index contributed by atoms with van der Waals surface area (Å²) in [4.78, 5) is 36.1. The van der Waals surface area contributed by atoms with Crippen molar-refractivity contribution in [1.29, 1.82) is 0 Å². The largest absolute Gasteiger partial charge is 0.444 e. The first-order valence-electron chi connectivity index (χ1n) is 8.87. The molecule has 0 aliphatic rings. The van der Waals surface area contributed by atoms with E-state index in [9.17, 15) is 14.4 Å². The topological polar surface area (TPSA) is 96.5 Å². The van der Waals surface area contributed by atoms with Crippen molar-refractivity contribution >= 4 is 29.3 Å². The van der Waals surface area contributed by atoms with Gasteiger partial charge in [0.15, 0.2) is 0 Å².